The molecule has 4 nitrogen and oxygen atoms in total. The molecule has 22 heavy (non-hydrogen) atoms. The first kappa shape index (κ1) is 14.1. The average molecular weight is 363 g/mol. The highest BCUT2D eigenvalue weighted by Crippen LogP contribution is 2.51. The van der Waals surface area contributed by atoms with E-state index in [1.807, 2.05) is 18.7 Å². The fraction of sp³-hybridized carbons (Fsp3) is 0.471. The molecule has 0 radical (unpaired) electrons. The van der Waals surface area contributed by atoms with Crippen molar-refractivity contribution >= 4 is 32.9 Å². The van der Waals surface area contributed by atoms with Gasteiger partial charge in [-0.2, -0.15) is 0 Å². The number of nitrogens with one attached hydrogen (secondary N) is 1. The Morgan fingerprint density at radius 3 is 2.77 bits per heavy atom. The van der Waals surface area contributed by atoms with Crippen LogP contribution in [-0.2, 0) is 16.7 Å². The SMILES string of the molecule is Cc1[nH]c2c(Br)ccc3c2c1CCN1C(=O)OC(C)(C)[C@]31C. The Morgan fingerprint density at radius 2 is 2.05 bits per heavy atom. The van der Waals surface area contributed by atoms with E-state index < -0.39 is 11.1 Å². The lowest BCUT2D eigenvalue weighted by molar-refractivity contribution is 0.0242. The van der Waals surface area contributed by atoms with Crippen molar-refractivity contribution in [3.8, 4) is 0 Å². The highest BCUT2D eigenvalue weighted by atomic mass is 79.9. The number of fused-ring (bicyclic) bond motifs is 2. The zero-order valence-electron chi connectivity index (χ0n) is 13.2. The van der Waals surface area contributed by atoms with Crippen LogP contribution in [0.25, 0.3) is 10.9 Å². The molecule has 4 rings (SSSR count). The molecule has 0 aliphatic carbocycles. The lowest BCUT2D eigenvalue weighted by Gasteiger charge is -2.40. The monoisotopic (exact) mass is 362 g/mol. The van der Waals surface area contributed by atoms with E-state index in [4.69, 9.17) is 4.74 Å². The number of carbonyl (C=O) groups excluding carboxylic acids is 1. The van der Waals surface area contributed by atoms with Crippen molar-refractivity contribution in [1.82, 2.24) is 9.88 Å². The first-order chi connectivity index (χ1) is 10.3. The van der Waals surface area contributed by atoms with Crippen molar-refractivity contribution in [2.24, 2.45) is 0 Å². The minimum Gasteiger partial charge on any atom is -0.440 e. The minimum atomic E-state index is -0.572. The molecule has 0 bridgehead atoms. The van der Waals surface area contributed by atoms with Gasteiger partial charge in [-0.05, 0) is 67.2 Å². The number of carbonyl (C=O) groups is 1. The van der Waals surface area contributed by atoms with Gasteiger partial charge in [-0.3, -0.25) is 4.90 Å². The molecule has 0 saturated carbocycles. The van der Waals surface area contributed by atoms with Crippen LogP contribution in [0.3, 0.4) is 0 Å². The van der Waals surface area contributed by atoms with E-state index in [-0.39, 0.29) is 6.09 Å². The quantitative estimate of drug-likeness (QED) is 0.761. The van der Waals surface area contributed by atoms with Crippen LogP contribution in [0.15, 0.2) is 16.6 Å². The topological polar surface area (TPSA) is 45.3 Å². The molecule has 1 amide bonds. The Balaban J connectivity index is 2.14. The molecule has 1 N–H and O–H groups in total. The van der Waals surface area contributed by atoms with Crippen molar-refractivity contribution in [3.05, 3.63) is 33.4 Å². The fourth-order valence-corrected chi connectivity index (χ4v) is 4.50. The molecule has 2 aliphatic heterocycles. The molecule has 1 aromatic heterocycles. The first-order valence-corrected chi connectivity index (χ1v) is 8.37. The van der Waals surface area contributed by atoms with Crippen LogP contribution in [0.1, 0.15) is 37.6 Å². The number of aromatic nitrogens is 1. The number of nitrogens with zero attached hydrogens (tertiary/aromatic N) is 1. The standard InChI is InChI=1S/C17H19BrN2O2/c1-9-10-7-8-20-15(21)22-16(2,3)17(20,4)11-5-6-12(18)14(19-9)13(10)11/h5-6,19H,7-8H2,1-4H3/t17-/m0/s1. The molecule has 1 aromatic carbocycles. The number of aryl methyl sites for hydroxylation is 1. The predicted octanol–water partition coefficient (Wildman–Crippen LogP) is 4.24. The van der Waals surface area contributed by atoms with Gasteiger partial charge in [0.25, 0.3) is 0 Å². The molecule has 1 fully saturated rings. The summed E-state index contributed by atoms with van der Waals surface area (Å²) in [6.07, 6.45) is 0.631. The van der Waals surface area contributed by atoms with Gasteiger partial charge in [0, 0.05) is 22.1 Å². The number of aromatic amines is 1. The van der Waals surface area contributed by atoms with Gasteiger partial charge in [0.2, 0.25) is 0 Å². The number of halogens is 1. The van der Waals surface area contributed by atoms with Gasteiger partial charge in [0.05, 0.1) is 5.52 Å². The fourth-order valence-electron chi connectivity index (χ4n) is 4.07. The zero-order valence-corrected chi connectivity index (χ0v) is 14.8. The first-order valence-electron chi connectivity index (χ1n) is 7.58. The summed E-state index contributed by atoms with van der Waals surface area (Å²) < 4.78 is 6.76. The van der Waals surface area contributed by atoms with Gasteiger partial charge in [-0.15, -0.1) is 0 Å². The summed E-state index contributed by atoms with van der Waals surface area (Å²) in [5.41, 5.74) is 3.73. The van der Waals surface area contributed by atoms with Crippen molar-refractivity contribution in [2.75, 3.05) is 6.54 Å². The second kappa shape index (κ2) is 4.07. The summed E-state index contributed by atoms with van der Waals surface area (Å²) in [7, 11) is 0. The largest absolute Gasteiger partial charge is 0.440 e. The number of hydrogen-bond acceptors (Lipinski definition) is 2. The van der Waals surface area contributed by atoms with Crippen molar-refractivity contribution in [3.63, 3.8) is 0 Å². The van der Waals surface area contributed by atoms with Gasteiger partial charge < -0.3 is 9.72 Å². The van der Waals surface area contributed by atoms with Gasteiger partial charge in [-0.1, -0.05) is 6.07 Å². The highest BCUT2D eigenvalue weighted by molar-refractivity contribution is 9.10. The van der Waals surface area contributed by atoms with E-state index in [0.29, 0.717) is 6.54 Å². The third kappa shape index (κ3) is 1.45. The van der Waals surface area contributed by atoms with Crippen LogP contribution < -0.4 is 0 Å². The summed E-state index contributed by atoms with van der Waals surface area (Å²) in [5.74, 6) is 0. The van der Waals surface area contributed by atoms with Crippen LogP contribution in [0.4, 0.5) is 4.79 Å². The average Bonchev–Trinajstić information content (AvgIpc) is 2.77. The smallest absolute Gasteiger partial charge is 0.411 e. The van der Waals surface area contributed by atoms with Crippen molar-refractivity contribution in [2.45, 2.75) is 45.3 Å². The molecular weight excluding hydrogens is 344 g/mol. The lowest BCUT2D eigenvalue weighted by Crippen LogP contribution is -2.50. The number of ether oxygens (including phenoxy) is 1. The van der Waals surface area contributed by atoms with Crippen molar-refractivity contribution in [1.29, 1.82) is 0 Å². The molecule has 3 heterocycles. The predicted molar refractivity (Wildman–Crippen MR) is 89.1 cm³/mol. The summed E-state index contributed by atoms with van der Waals surface area (Å²) in [4.78, 5) is 17.8. The summed E-state index contributed by atoms with van der Waals surface area (Å²) in [5, 5.41) is 1.24. The number of H-pyrrole nitrogens is 1. The van der Waals surface area contributed by atoms with Crippen LogP contribution in [0.2, 0.25) is 0 Å². The maximum atomic E-state index is 12.4. The number of amides is 1. The zero-order chi connectivity index (χ0) is 15.9. The maximum Gasteiger partial charge on any atom is 0.411 e. The van der Waals surface area contributed by atoms with Gasteiger partial charge in [-0.25, -0.2) is 4.79 Å². The molecule has 5 heteroatoms. The van der Waals surface area contributed by atoms with E-state index in [1.54, 1.807) is 0 Å². The normalized spacial score (nSPS) is 26.0. The van der Waals surface area contributed by atoms with E-state index >= 15 is 0 Å². The molecular formula is C17H19BrN2O2. The Hall–Kier alpha value is -1.49. The molecule has 2 aromatic rings. The second-order valence-electron chi connectivity index (χ2n) is 6.93. The number of hydrogen-bond donors (Lipinski definition) is 1. The second-order valence-corrected chi connectivity index (χ2v) is 7.78. The van der Waals surface area contributed by atoms with E-state index in [9.17, 15) is 4.79 Å². The number of cyclic esters (lactones) is 1. The van der Waals surface area contributed by atoms with E-state index in [0.717, 1.165) is 16.4 Å². The molecule has 116 valence electrons. The molecule has 0 unspecified atom stereocenters. The van der Waals surface area contributed by atoms with Crippen LogP contribution in [0.5, 0.6) is 0 Å². The maximum absolute atomic E-state index is 12.4. The Kier molecular flexibility index (Phi) is 2.62. The molecule has 0 spiro atoms. The Morgan fingerprint density at radius 1 is 1.32 bits per heavy atom. The molecule has 2 aliphatic rings. The lowest BCUT2D eigenvalue weighted by atomic mass is 9.76. The van der Waals surface area contributed by atoms with Gasteiger partial charge in [0.1, 0.15) is 11.1 Å². The van der Waals surface area contributed by atoms with Gasteiger partial charge >= 0.3 is 6.09 Å². The highest BCUT2D eigenvalue weighted by Gasteiger charge is 2.59. The summed E-state index contributed by atoms with van der Waals surface area (Å²) in [6, 6.07) is 4.19. The van der Waals surface area contributed by atoms with Gasteiger partial charge in [0.15, 0.2) is 0 Å². The van der Waals surface area contributed by atoms with Crippen LogP contribution in [-0.4, -0.2) is 28.1 Å². The number of benzene rings is 1. The third-order valence-corrected chi connectivity index (χ3v) is 6.27. The third-order valence-electron chi connectivity index (χ3n) is 5.61. The minimum absolute atomic E-state index is 0.213. The summed E-state index contributed by atoms with van der Waals surface area (Å²) in [6.45, 7) is 8.91. The van der Waals surface area contributed by atoms with Crippen molar-refractivity contribution < 1.29 is 9.53 Å². The van der Waals surface area contributed by atoms with Crippen LogP contribution >= 0.6 is 15.9 Å². The van der Waals surface area contributed by atoms with Crippen LogP contribution in [0, 0.1) is 6.92 Å². The van der Waals surface area contributed by atoms with E-state index in [2.05, 4.69) is 46.9 Å². The van der Waals surface area contributed by atoms with E-state index in [1.165, 1.54) is 22.2 Å². The number of rotatable bonds is 0. The Bertz CT molecular complexity index is 824. The molecule has 1 atom stereocenters. The Labute approximate surface area is 137 Å². The summed E-state index contributed by atoms with van der Waals surface area (Å²) >= 11 is 3.64. The molecule has 1 saturated heterocycles.